The molecular weight excluding hydrogens is 287 g/mol. The number of hydrogen-bond acceptors (Lipinski definition) is 7. The Balaban J connectivity index is 5.56. The molecule has 19 heavy (non-hydrogen) atoms. The molecule has 0 aromatic heterocycles. The zero-order valence-corrected chi connectivity index (χ0v) is 11.0. The summed E-state index contributed by atoms with van der Waals surface area (Å²) in [5.41, 5.74) is -2.76. The lowest BCUT2D eigenvalue weighted by molar-refractivity contribution is -0.169. The summed E-state index contributed by atoms with van der Waals surface area (Å²) < 4.78 is 24.9. The van der Waals surface area contributed by atoms with Gasteiger partial charge >= 0.3 is 25.7 Å². The van der Waals surface area contributed by atoms with Crippen molar-refractivity contribution in [3.8, 4) is 0 Å². The summed E-state index contributed by atoms with van der Waals surface area (Å²) in [6.07, 6.45) is -2.46. The average Bonchev–Trinajstić information content (AvgIpc) is 2.26. The van der Waals surface area contributed by atoms with Crippen molar-refractivity contribution in [3.05, 3.63) is 0 Å². The Bertz CT molecular complexity index is 392. The lowest BCUT2D eigenvalue weighted by atomic mass is 9.96. The fourth-order valence-corrected chi connectivity index (χ4v) is 2.10. The van der Waals surface area contributed by atoms with E-state index in [1.807, 2.05) is 0 Å². The van der Waals surface area contributed by atoms with Gasteiger partial charge in [0.05, 0.1) is 12.8 Å². The average molecular weight is 300 g/mol. The van der Waals surface area contributed by atoms with Gasteiger partial charge < -0.3 is 15.3 Å². The van der Waals surface area contributed by atoms with E-state index in [1.54, 1.807) is 0 Å². The Hall–Kier alpha value is -1.48. The quantitative estimate of drug-likeness (QED) is 0.501. The number of hydrogen-bond donors (Lipinski definition) is 3. The molecule has 0 radical (unpaired) electrons. The Morgan fingerprint density at radius 1 is 1.00 bits per heavy atom. The molecule has 0 rings (SSSR count). The summed E-state index contributed by atoms with van der Waals surface area (Å²) in [5, 5.41) is 26.3. The van der Waals surface area contributed by atoms with Crippen molar-refractivity contribution in [3.63, 3.8) is 0 Å². The molecule has 0 aromatic rings. The summed E-state index contributed by atoms with van der Waals surface area (Å²) in [5.74, 6) is -5.21. The molecule has 11 heteroatoms. The molecule has 0 aromatic carbocycles. The topological polar surface area (TPSA) is 157 Å². The maximum Gasteiger partial charge on any atom is 0.475 e. The van der Waals surface area contributed by atoms with E-state index in [4.69, 9.17) is 15.3 Å². The molecule has 0 saturated heterocycles. The molecule has 0 bridgehead atoms. The van der Waals surface area contributed by atoms with Gasteiger partial charge in [0, 0.05) is 14.2 Å². The molecule has 0 aliphatic heterocycles. The van der Waals surface area contributed by atoms with Gasteiger partial charge in [-0.3, -0.25) is 23.2 Å². The van der Waals surface area contributed by atoms with Crippen LogP contribution < -0.4 is 0 Å². The number of carboxylic acid groups (broad SMARTS) is 3. The van der Waals surface area contributed by atoms with E-state index in [9.17, 15) is 18.9 Å². The minimum absolute atomic E-state index is 0.873. The SMILES string of the molecule is COP(=O)(OC)OC(CC(=O)O)(CC(=O)O)C(=O)O. The van der Waals surface area contributed by atoms with Crippen LogP contribution in [0.4, 0.5) is 0 Å². The van der Waals surface area contributed by atoms with Crippen LogP contribution in [0, 0.1) is 0 Å². The highest BCUT2D eigenvalue weighted by Gasteiger charge is 2.50. The normalized spacial score (nSPS) is 12.1. The van der Waals surface area contributed by atoms with Gasteiger partial charge in [-0.15, -0.1) is 0 Å². The Labute approximate surface area is 107 Å². The predicted octanol–water partition coefficient (Wildman–Crippen LogP) is 0.177. The molecule has 3 N–H and O–H groups in total. The van der Waals surface area contributed by atoms with Crippen LogP contribution in [0.15, 0.2) is 0 Å². The number of carbonyl (C=O) groups is 3. The fourth-order valence-electron chi connectivity index (χ4n) is 1.17. The van der Waals surface area contributed by atoms with Crippen molar-refractivity contribution in [2.24, 2.45) is 0 Å². The lowest BCUT2D eigenvalue weighted by Crippen LogP contribution is -2.45. The minimum atomic E-state index is -4.38. The minimum Gasteiger partial charge on any atom is -0.481 e. The second kappa shape index (κ2) is 6.62. The number of phosphoric acid groups is 1. The van der Waals surface area contributed by atoms with E-state index < -0.39 is 44.2 Å². The number of phosphoric ester groups is 1. The first-order valence-corrected chi connectivity index (χ1v) is 6.16. The van der Waals surface area contributed by atoms with Crippen LogP contribution in [0.2, 0.25) is 0 Å². The van der Waals surface area contributed by atoms with Crippen LogP contribution in [-0.4, -0.2) is 53.0 Å². The highest BCUT2D eigenvalue weighted by atomic mass is 31.2. The van der Waals surface area contributed by atoms with Gasteiger partial charge in [0.15, 0.2) is 5.60 Å². The maximum atomic E-state index is 11.7. The van der Waals surface area contributed by atoms with Gasteiger partial charge in [0.25, 0.3) is 0 Å². The standard InChI is InChI=1S/C8H13O10P/c1-16-19(15,17-2)18-8(7(13)14,3-5(9)10)4-6(11)12/h3-4H2,1-2H3,(H,9,10)(H,11,12)(H,13,14). The summed E-state index contributed by atoms with van der Waals surface area (Å²) in [6.45, 7) is 0. The van der Waals surface area contributed by atoms with Crippen molar-refractivity contribution in [2.75, 3.05) is 14.2 Å². The molecule has 0 aliphatic rings. The van der Waals surface area contributed by atoms with Gasteiger partial charge in [-0.1, -0.05) is 0 Å². The number of rotatable bonds is 9. The molecule has 0 unspecified atom stereocenters. The van der Waals surface area contributed by atoms with Crippen molar-refractivity contribution >= 4 is 25.7 Å². The lowest BCUT2D eigenvalue weighted by Gasteiger charge is -2.28. The largest absolute Gasteiger partial charge is 0.481 e. The van der Waals surface area contributed by atoms with Crippen LogP contribution >= 0.6 is 7.82 Å². The molecule has 0 aliphatic carbocycles. The van der Waals surface area contributed by atoms with Gasteiger partial charge in [-0.2, -0.15) is 0 Å². The third-order valence-corrected chi connectivity index (χ3v) is 3.46. The zero-order chi connectivity index (χ0) is 15.3. The molecule has 10 nitrogen and oxygen atoms in total. The van der Waals surface area contributed by atoms with Crippen molar-refractivity contribution in [2.45, 2.75) is 18.4 Å². The maximum absolute atomic E-state index is 11.7. The van der Waals surface area contributed by atoms with Gasteiger partial charge in [-0.25, -0.2) is 9.36 Å². The molecule has 0 fully saturated rings. The summed E-state index contributed by atoms with van der Waals surface area (Å²) >= 11 is 0. The van der Waals surface area contributed by atoms with Crippen molar-refractivity contribution in [1.82, 2.24) is 0 Å². The molecule has 0 heterocycles. The molecule has 0 saturated carbocycles. The summed E-state index contributed by atoms with van der Waals surface area (Å²) in [6, 6.07) is 0. The molecule has 0 amide bonds. The number of aliphatic carboxylic acids is 3. The molecule has 0 atom stereocenters. The zero-order valence-electron chi connectivity index (χ0n) is 10.1. The van der Waals surface area contributed by atoms with Gasteiger partial charge in [-0.05, 0) is 0 Å². The first-order chi connectivity index (χ1) is 8.60. The summed E-state index contributed by atoms with van der Waals surface area (Å²) in [4.78, 5) is 32.4. The fraction of sp³-hybridized carbons (Fsp3) is 0.625. The van der Waals surface area contributed by atoms with Crippen LogP contribution in [0.5, 0.6) is 0 Å². The smallest absolute Gasteiger partial charge is 0.475 e. The second-order valence-electron chi connectivity index (χ2n) is 3.34. The highest BCUT2D eigenvalue weighted by molar-refractivity contribution is 7.48. The van der Waals surface area contributed by atoms with Gasteiger partial charge in [0.2, 0.25) is 0 Å². The van der Waals surface area contributed by atoms with Crippen molar-refractivity contribution < 1.29 is 47.8 Å². The molecule has 110 valence electrons. The van der Waals surface area contributed by atoms with Crippen LogP contribution in [0.3, 0.4) is 0 Å². The van der Waals surface area contributed by atoms with Crippen LogP contribution in [0.25, 0.3) is 0 Å². The first kappa shape index (κ1) is 17.5. The Morgan fingerprint density at radius 2 is 1.37 bits per heavy atom. The third kappa shape index (κ3) is 4.95. The van der Waals surface area contributed by atoms with Crippen LogP contribution in [0.1, 0.15) is 12.8 Å². The first-order valence-electron chi connectivity index (χ1n) is 4.70. The van der Waals surface area contributed by atoms with E-state index in [-0.39, 0.29) is 0 Å². The highest BCUT2D eigenvalue weighted by Crippen LogP contribution is 2.52. The van der Waals surface area contributed by atoms with Crippen molar-refractivity contribution in [1.29, 1.82) is 0 Å². The van der Waals surface area contributed by atoms with Gasteiger partial charge in [0.1, 0.15) is 0 Å². The predicted molar refractivity (Wildman–Crippen MR) is 57.6 cm³/mol. The van der Waals surface area contributed by atoms with E-state index in [0.29, 0.717) is 0 Å². The van der Waals surface area contributed by atoms with E-state index >= 15 is 0 Å². The summed E-state index contributed by atoms with van der Waals surface area (Å²) in [7, 11) is -2.63. The third-order valence-electron chi connectivity index (χ3n) is 2.00. The van der Waals surface area contributed by atoms with E-state index in [2.05, 4.69) is 13.6 Å². The van der Waals surface area contributed by atoms with E-state index in [1.165, 1.54) is 0 Å². The Morgan fingerprint density at radius 3 is 1.58 bits per heavy atom. The Kier molecular flexibility index (Phi) is 6.10. The molecular formula is C8H13O10P. The van der Waals surface area contributed by atoms with Crippen LogP contribution in [-0.2, 0) is 32.5 Å². The monoisotopic (exact) mass is 300 g/mol. The molecule has 0 spiro atoms. The number of carboxylic acids is 3. The second-order valence-corrected chi connectivity index (χ2v) is 5.15. The van der Waals surface area contributed by atoms with E-state index in [0.717, 1.165) is 14.2 Å².